The minimum absolute atomic E-state index is 0.0601. The monoisotopic (exact) mass is 364 g/mol. The summed E-state index contributed by atoms with van der Waals surface area (Å²) in [6.07, 6.45) is 2.84. The molecule has 0 atom stereocenters. The molecule has 2 aromatic carbocycles. The van der Waals surface area contributed by atoms with Crippen molar-refractivity contribution < 1.29 is 23.5 Å². The second-order valence-corrected chi connectivity index (χ2v) is 5.66. The van der Waals surface area contributed by atoms with E-state index in [-0.39, 0.29) is 5.56 Å². The predicted octanol–water partition coefficient (Wildman–Crippen LogP) is 3.48. The van der Waals surface area contributed by atoms with Crippen molar-refractivity contribution in [3.05, 3.63) is 81.7 Å². The summed E-state index contributed by atoms with van der Waals surface area (Å²) in [6.45, 7) is 0. The summed E-state index contributed by atoms with van der Waals surface area (Å²) >= 11 is 0. The zero-order chi connectivity index (χ0) is 19.4. The van der Waals surface area contributed by atoms with E-state index < -0.39 is 17.4 Å². The molecule has 6 heteroatoms. The number of ether oxygens (including phenoxy) is 2. The highest BCUT2D eigenvalue weighted by atomic mass is 16.5. The molecule has 0 aliphatic heterocycles. The van der Waals surface area contributed by atoms with Gasteiger partial charge in [-0.1, -0.05) is 18.2 Å². The Morgan fingerprint density at radius 3 is 2.41 bits per heavy atom. The van der Waals surface area contributed by atoms with Crippen LogP contribution in [-0.4, -0.2) is 26.0 Å². The van der Waals surface area contributed by atoms with Crippen LogP contribution in [0.4, 0.5) is 0 Å². The lowest BCUT2D eigenvalue weighted by Crippen LogP contribution is -2.11. The molecular weight excluding hydrogens is 348 g/mol. The van der Waals surface area contributed by atoms with E-state index in [0.717, 1.165) is 0 Å². The van der Waals surface area contributed by atoms with E-state index in [9.17, 15) is 14.4 Å². The van der Waals surface area contributed by atoms with E-state index >= 15 is 0 Å². The Kier molecular flexibility index (Phi) is 5.17. The van der Waals surface area contributed by atoms with Crippen LogP contribution in [0.3, 0.4) is 0 Å². The number of methoxy groups -OCH3 is 2. The fourth-order valence-corrected chi connectivity index (χ4v) is 2.50. The summed E-state index contributed by atoms with van der Waals surface area (Å²) in [5.41, 5.74) is 0.678. The first-order chi connectivity index (χ1) is 13.0. The van der Waals surface area contributed by atoms with Gasteiger partial charge in [0.05, 0.1) is 19.8 Å². The van der Waals surface area contributed by atoms with Crippen LogP contribution < -0.4 is 10.4 Å². The Bertz CT molecular complexity index is 1090. The fourth-order valence-electron chi connectivity index (χ4n) is 2.50. The van der Waals surface area contributed by atoms with Crippen molar-refractivity contribution >= 4 is 28.8 Å². The van der Waals surface area contributed by atoms with E-state index in [1.165, 1.54) is 26.4 Å². The van der Waals surface area contributed by atoms with Gasteiger partial charge in [0.1, 0.15) is 16.9 Å². The van der Waals surface area contributed by atoms with Crippen LogP contribution in [0, 0.1) is 0 Å². The van der Waals surface area contributed by atoms with Gasteiger partial charge in [-0.3, -0.25) is 4.79 Å². The molecule has 3 rings (SSSR count). The molecule has 0 saturated heterocycles. The summed E-state index contributed by atoms with van der Waals surface area (Å²) in [7, 11) is 2.82. The van der Waals surface area contributed by atoms with E-state index in [4.69, 9.17) is 9.15 Å². The molecule has 0 radical (unpaired) electrons. The van der Waals surface area contributed by atoms with Crippen molar-refractivity contribution in [1.29, 1.82) is 0 Å². The summed E-state index contributed by atoms with van der Waals surface area (Å²) < 4.78 is 14.9. The lowest BCUT2D eigenvalue weighted by molar-refractivity contribution is 0.0600. The second kappa shape index (κ2) is 7.70. The molecular formula is C21H16O6. The maximum Gasteiger partial charge on any atom is 0.347 e. The SMILES string of the molecule is COC(=O)c1ccc(/C=C/C(=O)c2cc3ccc(OC)cc3oc2=O)cc1. The molecule has 0 aliphatic rings. The molecule has 0 amide bonds. The second-order valence-electron chi connectivity index (χ2n) is 5.66. The highest BCUT2D eigenvalue weighted by Gasteiger charge is 2.12. The van der Waals surface area contributed by atoms with E-state index in [1.54, 1.807) is 48.5 Å². The quantitative estimate of drug-likeness (QED) is 0.298. The summed E-state index contributed by atoms with van der Waals surface area (Å²) in [5, 5.41) is 0.620. The van der Waals surface area contributed by atoms with Gasteiger partial charge in [0.15, 0.2) is 5.78 Å². The molecule has 1 aromatic heterocycles. The highest BCUT2D eigenvalue weighted by Crippen LogP contribution is 2.20. The summed E-state index contributed by atoms with van der Waals surface area (Å²) in [5.74, 6) is -0.356. The van der Waals surface area contributed by atoms with E-state index in [1.807, 2.05) is 0 Å². The van der Waals surface area contributed by atoms with Crippen molar-refractivity contribution in [2.75, 3.05) is 14.2 Å². The van der Waals surface area contributed by atoms with Crippen molar-refractivity contribution in [1.82, 2.24) is 0 Å². The normalized spacial score (nSPS) is 10.9. The van der Waals surface area contributed by atoms with Gasteiger partial charge in [0.25, 0.3) is 0 Å². The largest absolute Gasteiger partial charge is 0.497 e. The molecule has 0 fully saturated rings. The van der Waals surface area contributed by atoms with Gasteiger partial charge in [-0.05, 0) is 42.0 Å². The van der Waals surface area contributed by atoms with Crippen LogP contribution in [0.15, 0.2) is 63.8 Å². The Labute approximate surface area is 154 Å². The Morgan fingerprint density at radius 1 is 1.00 bits per heavy atom. The number of hydrogen-bond donors (Lipinski definition) is 0. The van der Waals surface area contributed by atoms with Gasteiger partial charge in [0.2, 0.25) is 0 Å². The van der Waals surface area contributed by atoms with Crippen LogP contribution in [0.25, 0.3) is 17.0 Å². The first-order valence-electron chi connectivity index (χ1n) is 8.04. The molecule has 27 heavy (non-hydrogen) atoms. The molecule has 0 unspecified atom stereocenters. The minimum atomic E-state index is -0.716. The molecule has 6 nitrogen and oxygen atoms in total. The van der Waals surface area contributed by atoms with Gasteiger partial charge in [-0.25, -0.2) is 9.59 Å². The third-order valence-corrected chi connectivity index (χ3v) is 3.97. The average molecular weight is 364 g/mol. The van der Waals surface area contributed by atoms with Gasteiger partial charge in [0, 0.05) is 11.5 Å². The number of hydrogen-bond acceptors (Lipinski definition) is 6. The Morgan fingerprint density at radius 2 is 1.74 bits per heavy atom. The summed E-state index contributed by atoms with van der Waals surface area (Å²) in [4.78, 5) is 35.9. The smallest absolute Gasteiger partial charge is 0.347 e. The molecule has 0 saturated carbocycles. The van der Waals surface area contributed by atoms with Crippen LogP contribution in [0.2, 0.25) is 0 Å². The van der Waals surface area contributed by atoms with Gasteiger partial charge in [-0.15, -0.1) is 0 Å². The zero-order valence-electron chi connectivity index (χ0n) is 14.7. The number of rotatable bonds is 5. The van der Waals surface area contributed by atoms with Gasteiger partial charge in [-0.2, -0.15) is 0 Å². The highest BCUT2D eigenvalue weighted by molar-refractivity contribution is 6.07. The van der Waals surface area contributed by atoms with Crippen molar-refractivity contribution in [3.8, 4) is 5.75 Å². The van der Waals surface area contributed by atoms with Crippen molar-refractivity contribution in [2.24, 2.45) is 0 Å². The third-order valence-electron chi connectivity index (χ3n) is 3.97. The number of ketones is 1. The van der Waals surface area contributed by atoms with E-state index in [0.29, 0.717) is 27.8 Å². The minimum Gasteiger partial charge on any atom is -0.497 e. The summed E-state index contributed by atoms with van der Waals surface area (Å²) in [6, 6.07) is 13.0. The zero-order valence-corrected chi connectivity index (χ0v) is 14.7. The van der Waals surface area contributed by atoms with Crippen LogP contribution in [0.1, 0.15) is 26.3 Å². The predicted molar refractivity (Wildman–Crippen MR) is 100 cm³/mol. The molecule has 1 heterocycles. The van der Waals surface area contributed by atoms with Crippen molar-refractivity contribution in [2.45, 2.75) is 0 Å². The number of fused-ring (bicyclic) bond motifs is 1. The maximum absolute atomic E-state index is 12.4. The lowest BCUT2D eigenvalue weighted by atomic mass is 10.1. The molecule has 3 aromatic rings. The first kappa shape index (κ1) is 18.1. The number of carbonyl (C=O) groups excluding carboxylic acids is 2. The first-order valence-corrected chi connectivity index (χ1v) is 8.04. The third kappa shape index (κ3) is 3.95. The number of benzene rings is 2. The molecule has 0 bridgehead atoms. The molecule has 0 spiro atoms. The van der Waals surface area contributed by atoms with Gasteiger partial charge < -0.3 is 13.9 Å². The fraction of sp³-hybridized carbons (Fsp3) is 0.0952. The maximum atomic E-state index is 12.4. The number of carbonyl (C=O) groups is 2. The van der Waals surface area contributed by atoms with Gasteiger partial charge >= 0.3 is 11.6 Å². The average Bonchev–Trinajstić information content (AvgIpc) is 2.70. The van der Waals surface area contributed by atoms with Crippen LogP contribution >= 0.6 is 0 Å². The Balaban J connectivity index is 1.85. The Hall–Kier alpha value is -3.67. The van der Waals surface area contributed by atoms with Crippen LogP contribution in [0.5, 0.6) is 5.75 Å². The molecule has 0 N–H and O–H groups in total. The number of allylic oxidation sites excluding steroid dienone is 1. The lowest BCUT2D eigenvalue weighted by Gasteiger charge is -2.02. The molecule has 136 valence electrons. The van der Waals surface area contributed by atoms with Crippen LogP contribution in [-0.2, 0) is 4.74 Å². The topological polar surface area (TPSA) is 82.8 Å². The van der Waals surface area contributed by atoms with E-state index in [2.05, 4.69) is 4.74 Å². The number of esters is 1. The molecule has 0 aliphatic carbocycles. The standard InChI is InChI=1S/C21H16O6/c1-25-16-9-8-15-11-17(21(24)27-19(15)12-16)18(22)10-5-13-3-6-14(7-4-13)20(23)26-2/h3-12H,1-2H3/b10-5+. The van der Waals surface area contributed by atoms with Crippen molar-refractivity contribution in [3.63, 3.8) is 0 Å².